The summed E-state index contributed by atoms with van der Waals surface area (Å²) in [5.41, 5.74) is 3.49. The number of anilines is 2. The number of nitrogens with one attached hydrogen (secondary N) is 2. The molecule has 0 unspecified atom stereocenters. The highest BCUT2D eigenvalue weighted by Gasteiger charge is 2.11. The van der Waals surface area contributed by atoms with Gasteiger partial charge >= 0.3 is 0 Å². The molecule has 4 rings (SSSR count). The second-order valence-corrected chi connectivity index (χ2v) is 6.45. The van der Waals surface area contributed by atoms with Gasteiger partial charge in [-0.05, 0) is 17.7 Å². The first kappa shape index (κ1) is 19.6. The molecule has 9 heteroatoms. The molecular weight excluding hydrogens is 390 g/mol. The summed E-state index contributed by atoms with van der Waals surface area (Å²) >= 11 is 0. The number of hydrogen-bond acceptors (Lipinski definition) is 7. The Bertz CT molecular complexity index is 1230. The van der Waals surface area contributed by atoms with E-state index in [2.05, 4.69) is 30.4 Å². The van der Waals surface area contributed by atoms with Gasteiger partial charge in [-0.3, -0.25) is 0 Å². The van der Waals surface area contributed by atoms with Gasteiger partial charge in [0.15, 0.2) is 5.69 Å². The van der Waals surface area contributed by atoms with E-state index in [-0.39, 0.29) is 0 Å². The number of rotatable bonds is 7. The molecule has 0 fully saturated rings. The van der Waals surface area contributed by atoms with Crippen LogP contribution in [0.5, 0.6) is 0 Å². The molecule has 0 amide bonds. The first-order valence-corrected chi connectivity index (χ1v) is 9.44. The van der Waals surface area contributed by atoms with Crippen LogP contribution in [0.2, 0.25) is 0 Å². The standard InChI is InChI=1S/C22H17N9/c1-24-18-5-3-17(4-6-18)21-19(31-11-10-25-15-31)14-29-22(30-21)27-9-8-26-20-7-2-16(12-23)13-28-20/h2-7,10-11,13-15H,8-9H2,(H,26,28)(H,27,29,30). The maximum absolute atomic E-state index is 8.83. The Balaban J connectivity index is 1.49. The lowest BCUT2D eigenvalue weighted by Crippen LogP contribution is -2.16. The molecule has 0 radical (unpaired) electrons. The fourth-order valence-corrected chi connectivity index (χ4v) is 2.89. The predicted molar refractivity (Wildman–Crippen MR) is 117 cm³/mol. The van der Waals surface area contributed by atoms with Gasteiger partial charge in [-0.15, -0.1) is 0 Å². The van der Waals surface area contributed by atoms with Crippen LogP contribution in [0, 0.1) is 17.9 Å². The molecule has 0 bridgehead atoms. The Kier molecular flexibility index (Phi) is 5.78. The van der Waals surface area contributed by atoms with Gasteiger partial charge in [-0.25, -0.2) is 24.8 Å². The van der Waals surface area contributed by atoms with E-state index in [4.69, 9.17) is 16.8 Å². The highest BCUT2D eigenvalue weighted by atomic mass is 15.1. The molecule has 0 saturated heterocycles. The van der Waals surface area contributed by atoms with Crippen LogP contribution >= 0.6 is 0 Å². The van der Waals surface area contributed by atoms with Crippen LogP contribution in [0.25, 0.3) is 21.8 Å². The van der Waals surface area contributed by atoms with Gasteiger partial charge in [0.05, 0.1) is 36.0 Å². The molecular formula is C22H17N9. The van der Waals surface area contributed by atoms with Gasteiger partial charge in [0.2, 0.25) is 5.95 Å². The Morgan fingerprint density at radius 1 is 1.03 bits per heavy atom. The minimum Gasteiger partial charge on any atom is -0.368 e. The van der Waals surface area contributed by atoms with Gasteiger partial charge in [0, 0.05) is 31.7 Å². The van der Waals surface area contributed by atoms with Crippen LogP contribution < -0.4 is 10.6 Å². The molecule has 150 valence electrons. The molecule has 3 heterocycles. The molecule has 0 aliphatic rings. The summed E-state index contributed by atoms with van der Waals surface area (Å²) in [7, 11) is 0. The summed E-state index contributed by atoms with van der Waals surface area (Å²) in [5.74, 6) is 1.18. The van der Waals surface area contributed by atoms with Crippen LogP contribution in [0.1, 0.15) is 5.56 Å². The summed E-state index contributed by atoms with van der Waals surface area (Å²) in [4.78, 5) is 20.8. The summed E-state index contributed by atoms with van der Waals surface area (Å²) in [6, 6.07) is 12.8. The number of benzene rings is 1. The Labute approximate surface area is 178 Å². The van der Waals surface area contributed by atoms with E-state index in [1.54, 1.807) is 43.0 Å². The lowest BCUT2D eigenvalue weighted by molar-refractivity contribution is 0.985. The lowest BCUT2D eigenvalue weighted by Gasteiger charge is -2.12. The second-order valence-electron chi connectivity index (χ2n) is 6.45. The topological polar surface area (TPSA) is 109 Å². The molecule has 1 aromatic carbocycles. The Morgan fingerprint density at radius 2 is 1.87 bits per heavy atom. The molecule has 2 N–H and O–H groups in total. The van der Waals surface area contributed by atoms with Crippen molar-refractivity contribution in [3.63, 3.8) is 0 Å². The number of nitriles is 1. The SMILES string of the molecule is [C-]#[N+]c1ccc(-c2nc(NCCNc3ccc(C#N)cn3)ncc2-n2ccnc2)cc1. The molecule has 31 heavy (non-hydrogen) atoms. The highest BCUT2D eigenvalue weighted by Crippen LogP contribution is 2.27. The van der Waals surface area contributed by atoms with E-state index in [0.717, 1.165) is 16.9 Å². The molecule has 3 aromatic heterocycles. The average Bonchev–Trinajstić information content (AvgIpc) is 3.37. The zero-order valence-corrected chi connectivity index (χ0v) is 16.4. The monoisotopic (exact) mass is 407 g/mol. The zero-order valence-electron chi connectivity index (χ0n) is 16.4. The minimum absolute atomic E-state index is 0.489. The van der Waals surface area contributed by atoms with E-state index in [1.165, 1.54) is 6.20 Å². The van der Waals surface area contributed by atoms with Crippen molar-refractivity contribution < 1.29 is 0 Å². The third-order valence-corrected chi connectivity index (χ3v) is 4.43. The third kappa shape index (κ3) is 4.63. The van der Waals surface area contributed by atoms with Crippen molar-refractivity contribution in [2.24, 2.45) is 0 Å². The van der Waals surface area contributed by atoms with Crippen LogP contribution in [0.3, 0.4) is 0 Å². The first-order chi connectivity index (χ1) is 15.3. The number of aromatic nitrogens is 5. The van der Waals surface area contributed by atoms with Crippen molar-refractivity contribution in [2.45, 2.75) is 0 Å². The molecule has 0 aliphatic heterocycles. The van der Waals surface area contributed by atoms with Crippen LogP contribution in [0.4, 0.5) is 17.5 Å². The summed E-state index contributed by atoms with van der Waals surface area (Å²) < 4.78 is 1.85. The fourth-order valence-electron chi connectivity index (χ4n) is 2.89. The van der Waals surface area contributed by atoms with Crippen LogP contribution in [-0.2, 0) is 0 Å². The lowest BCUT2D eigenvalue weighted by atomic mass is 10.1. The number of pyridine rings is 1. The summed E-state index contributed by atoms with van der Waals surface area (Å²) in [5, 5.41) is 15.2. The van der Waals surface area contributed by atoms with Gasteiger partial charge in [0.1, 0.15) is 11.9 Å². The quantitative estimate of drug-likeness (QED) is 0.355. The van der Waals surface area contributed by atoms with Crippen molar-refractivity contribution in [1.82, 2.24) is 24.5 Å². The molecule has 9 nitrogen and oxygen atoms in total. The largest absolute Gasteiger partial charge is 0.368 e. The van der Waals surface area contributed by atoms with E-state index in [0.29, 0.717) is 36.1 Å². The van der Waals surface area contributed by atoms with Crippen molar-refractivity contribution in [3.8, 4) is 23.0 Å². The normalized spacial score (nSPS) is 10.1. The number of imidazole rings is 1. The number of hydrogen-bond donors (Lipinski definition) is 2. The smallest absolute Gasteiger partial charge is 0.223 e. The molecule has 0 aliphatic carbocycles. The fraction of sp³-hybridized carbons (Fsp3) is 0.0909. The molecule has 0 spiro atoms. The van der Waals surface area contributed by atoms with E-state index >= 15 is 0 Å². The van der Waals surface area contributed by atoms with Crippen molar-refractivity contribution in [1.29, 1.82) is 5.26 Å². The van der Waals surface area contributed by atoms with E-state index < -0.39 is 0 Å². The zero-order chi connectivity index (χ0) is 21.5. The predicted octanol–water partition coefficient (Wildman–Crippen LogP) is 3.67. The van der Waals surface area contributed by atoms with Crippen molar-refractivity contribution in [2.75, 3.05) is 23.7 Å². The average molecular weight is 407 g/mol. The maximum Gasteiger partial charge on any atom is 0.223 e. The molecule has 4 aromatic rings. The highest BCUT2D eigenvalue weighted by molar-refractivity contribution is 5.71. The molecule has 0 atom stereocenters. The summed E-state index contributed by atoms with van der Waals surface area (Å²) in [6.07, 6.45) is 8.49. The van der Waals surface area contributed by atoms with E-state index in [1.807, 2.05) is 29.0 Å². The van der Waals surface area contributed by atoms with Crippen molar-refractivity contribution in [3.05, 3.63) is 84.5 Å². The van der Waals surface area contributed by atoms with Gasteiger partial charge < -0.3 is 15.2 Å². The summed E-state index contributed by atoms with van der Waals surface area (Å²) in [6.45, 7) is 8.31. The third-order valence-electron chi connectivity index (χ3n) is 4.43. The van der Waals surface area contributed by atoms with Crippen LogP contribution in [-0.4, -0.2) is 37.6 Å². The maximum atomic E-state index is 8.83. The second kappa shape index (κ2) is 9.16. The minimum atomic E-state index is 0.489. The van der Waals surface area contributed by atoms with Gasteiger partial charge in [-0.2, -0.15) is 5.26 Å². The van der Waals surface area contributed by atoms with Crippen molar-refractivity contribution >= 4 is 17.5 Å². The Hall–Kier alpha value is -4.76. The number of nitrogens with zero attached hydrogens (tertiary/aromatic N) is 7. The van der Waals surface area contributed by atoms with E-state index in [9.17, 15) is 0 Å². The van der Waals surface area contributed by atoms with Gasteiger partial charge in [0.25, 0.3) is 0 Å². The van der Waals surface area contributed by atoms with Crippen LogP contribution in [0.15, 0.2) is 67.5 Å². The first-order valence-electron chi connectivity index (χ1n) is 9.44. The van der Waals surface area contributed by atoms with Gasteiger partial charge in [-0.1, -0.05) is 24.3 Å². The Morgan fingerprint density at radius 3 is 2.55 bits per heavy atom. The molecule has 0 saturated carbocycles.